The molecule has 1 aromatic heterocycles. The van der Waals surface area contributed by atoms with Crippen LogP contribution in [-0.4, -0.2) is 16.9 Å². The van der Waals surface area contributed by atoms with Gasteiger partial charge >= 0.3 is 0 Å². The smallest absolute Gasteiger partial charge is 0.225 e. The van der Waals surface area contributed by atoms with Gasteiger partial charge in [-0.05, 0) is 38.0 Å². The molecular weight excluding hydrogens is 354 g/mol. The third kappa shape index (κ3) is 3.46. The summed E-state index contributed by atoms with van der Waals surface area (Å²) >= 11 is 1.66. The summed E-state index contributed by atoms with van der Waals surface area (Å²) in [6.45, 7) is 2.56. The number of hydrogen-bond acceptors (Lipinski definition) is 4. The van der Waals surface area contributed by atoms with Crippen molar-refractivity contribution in [2.24, 2.45) is 23.5 Å². The molecule has 1 amide bonds. The highest BCUT2D eigenvalue weighted by Crippen LogP contribution is 2.47. The van der Waals surface area contributed by atoms with Crippen molar-refractivity contribution in [2.75, 3.05) is 0 Å². The van der Waals surface area contributed by atoms with E-state index in [1.807, 2.05) is 25.1 Å². The molecule has 0 spiro atoms. The molecule has 2 fully saturated rings. The fourth-order valence-corrected chi connectivity index (χ4v) is 5.31. The molecule has 134 valence electrons. The number of benzene rings is 1. The van der Waals surface area contributed by atoms with Gasteiger partial charge in [0.15, 0.2) is 0 Å². The van der Waals surface area contributed by atoms with Crippen molar-refractivity contribution in [3.8, 4) is 10.6 Å². The van der Waals surface area contributed by atoms with Gasteiger partial charge in [-0.15, -0.1) is 23.7 Å². The van der Waals surface area contributed by atoms with Crippen molar-refractivity contribution >= 4 is 29.7 Å². The standard InChI is InChI=1S/C19H23N3OS.ClH/c1-11-15(24-19(22-11)12-5-3-2-4-6-12)10-21-18(23)16-13-7-8-14(9-13)17(16)20;/h2-6,13-14,16-17H,7-10,20H2,1H3,(H,21,23);1H. The van der Waals surface area contributed by atoms with Crippen LogP contribution in [0.5, 0.6) is 0 Å². The van der Waals surface area contributed by atoms with Gasteiger partial charge in [0.1, 0.15) is 5.01 Å². The Hall–Kier alpha value is -1.43. The molecule has 1 heterocycles. The first-order chi connectivity index (χ1) is 11.6. The van der Waals surface area contributed by atoms with Gasteiger partial charge in [-0.1, -0.05) is 30.3 Å². The minimum Gasteiger partial charge on any atom is -0.351 e. The van der Waals surface area contributed by atoms with Crippen molar-refractivity contribution < 1.29 is 4.79 Å². The number of amides is 1. The maximum atomic E-state index is 12.6. The molecule has 1 aromatic carbocycles. The number of carbonyl (C=O) groups is 1. The molecule has 4 rings (SSSR count). The van der Waals surface area contributed by atoms with Crippen LogP contribution in [0.3, 0.4) is 0 Å². The van der Waals surface area contributed by atoms with Crippen molar-refractivity contribution in [2.45, 2.75) is 38.8 Å². The highest BCUT2D eigenvalue weighted by atomic mass is 35.5. The van der Waals surface area contributed by atoms with Crippen LogP contribution in [0.2, 0.25) is 0 Å². The summed E-state index contributed by atoms with van der Waals surface area (Å²) in [5.41, 5.74) is 8.39. The molecule has 2 aromatic rings. The zero-order valence-electron chi connectivity index (χ0n) is 14.3. The van der Waals surface area contributed by atoms with E-state index in [1.54, 1.807) is 11.3 Å². The van der Waals surface area contributed by atoms with Gasteiger partial charge in [-0.2, -0.15) is 0 Å². The number of nitrogens with zero attached hydrogens (tertiary/aromatic N) is 1. The molecule has 4 nitrogen and oxygen atoms in total. The normalized spacial score (nSPS) is 27.1. The quantitative estimate of drug-likeness (QED) is 0.856. The van der Waals surface area contributed by atoms with E-state index < -0.39 is 0 Å². The Bertz CT molecular complexity index is 746. The summed E-state index contributed by atoms with van der Waals surface area (Å²) in [6, 6.07) is 10.2. The molecule has 2 aliphatic carbocycles. The molecular formula is C19H24ClN3OS. The Morgan fingerprint density at radius 1 is 1.28 bits per heavy atom. The summed E-state index contributed by atoms with van der Waals surface area (Å²) in [7, 11) is 0. The average Bonchev–Trinajstić information content (AvgIpc) is 3.28. The summed E-state index contributed by atoms with van der Waals surface area (Å²) < 4.78 is 0. The number of nitrogens with one attached hydrogen (secondary N) is 1. The number of thiazole rings is 1. The van der Waals surface area contributed by atoms with Crippen molar-refractivity contribution in [1.82, 2.24) is 10.3 Å². The molecule has 25 heavy (non-hydrogen) atoms. The van der Waals surface area contributed by atoms with Gasteiger partial charge < -0.3 is 11.1 Å². The number of fused-ring (bicyclic) bond motifs is 2. The first-order valence-corrected chi connectivity index (χ1v) is 9.50. The third-order valence-corrected chi connectivity index (χ3v) is 6.83. The zero-order chi connectivity index (χ0) is 16.7. The third-order valence-electron chi connectivity index (χ3n) is 5.62. The van der Waals surface area contributed by atoms with E-state index in [0.717, 1.165) is 34.0 Å². The van der Waals surface area contributed by atoms with Gasteiger partial charge in [-0.3, -0.25) is 4.79 Å². The first kappa shape index (κ1) is 18.4. The van der Waals surface area contributed by atoms with E-state index in [4.69, 9.17) is 5.73 Å². The molecule has 2 aliphatic rings. The van der Waals surface area contributed by atoms with Crippen molar-refractivity contribution in [1.29, 1.82) is 0 Å². The molecule has 0 aliphatic heterocycles. The Morgan fingerprint density at radius 3 is 2.68 bits per heavy atom. The zero-order valence-corrected chi connectivity index (χ0v) is 15.9. The molecule has 4 unspecified atom stereocenters. The Kier molecular flexibility index (Phi) is 5.46. The minimum absolute atomic E-state index is 0. The number of aryl methyl sites for hydroxylation is 1. The topological polar surface area (TPSA) is 68.0 Å². The van der Waals surface area contributed by atoms with Crippen LogP contribution in [0.4, 0.5) is 0 Å². The van der Waals surface area contributed by atoms with E-state index in [2.05, 4.69) is 22.4 Å². The van der Waals surface area contributed by atoms with Gasteiger partial charge in [-0.25, -0.2) is 4.98 Å². The summed E-state index contributed by atoms with van der Waals surface area (Å²) in [5.74, 6) is 1.18. The number of carbonyl (C=O) groups excluding carboxylic acids is 1. The molecule has 3 N–H and O–H groups in total. The fraction of sp³-hybridized carbons (Fsp3) is 0.474. The Balaban J connectivity index is 0.00000182. The summed E-state index contributed by atoms with van der Waals surface area (Å²) in [5, 5.41) is 4.12. The molecule has 0 saturated heterocycles. The van der Waals surface area contributed by atoms with Crippen molar-refractivity contribution in [3.63, 3.8) is 0 Å². The SMILES string of the molecule is Cc1nc(-c2ccccc2)sc1CNC(=O)C1C2CCC(C2)C1N.Cl. The predicted molar refractivity (Wildman–Crippen MR) is 104 cm³/mol. The van der Waals surface area contributed by atoms with Gasteiger partial charge in [0, 0.05) is 16.5 Å². The van der Waals surface area contributed by atoms with Gasteiger partial charge in [0.05, 0.1) is 18.2 Å². The predicted octanol–water partition coefficient (Wildman–Crippen LogP) is 3.53. The molecule has 2 saturated carbocycles. The van der Waals surface area contributed by atoms with E-state index in [1.165, 1.54) is 6.42 Å². The second kappa shape index (κ2) is 7.44. The minimum atomic E-state index is 0. The van der Waals surface area contributed by atoms with Crippen LogP contribution < -0.4 is 11.1 Å². The van der Waals surface area contributed by atoms with Gasteiger partial charge in [0.2, 0.25) is 5.91 Å². The van der Waals surface area contributed by atoms with Crippen LogP contribution in [0.15, 0.2) is 30.3 Å². The lowest BCUT2D eigenvalue weighted by atomic mass is 9.84. The van der Waals surface area contributed by atoms with E-state index in [0.29, 0.717) is 18.4 Å². The fourth-order valence-electron chi connectivity index (χ4n) is 4.31. The maximum absolute atomic E-state index is 12.6. The van der Waals surface area contributed by atoms with Crippen LogP contribution >= 0.6 is 23.7 Å². The highest BCUT2D eigenvalue weighted by Gasteiger charge is 2.48. The highest BCUT2D eigenvalue weighted by molar-refractivity contribution is 7.15. The maximum Gasteiger partial charge on any atom is 0.225 e. The molecule has 2 bridgehead atoms. The lowest BCUT2D eigenvalue weighted by Gasteiger charge is -2.26. The number of halogens is 1. The van der Waals surface area contributed by atoms with Gasteiger partial charge in [0.25, 0.3) is 0 Å². The lowest BCUT2D eigenvalue weighted by molar-refractivity contribution is -0.127. The molecule has 6 heteroatoms. The Morgan fingerprint density at radius 2 is 2.00 bits per heavy atom. The van der Waals surface area contributed by atoms with Crippen LogP contribution in [0.25, 0.3) is 10.6 Å². The first-order valence-electron chi connectivity index (χ1n) is 8.68. The van der Waals surface area contributed by atoms with Crippen LogP contribution in [-0.2, 0) is 11.3 Å². The Labute approximate surface area is 158 Å². The number of hydrogen-bond donors (Lipinski definition) is 2. The van der Waals surface area contributed by atoms with E-state index >= 15 is 0 Å². The molecule has 0 radical (unpaired) electrons. The number of rotatable bonds is 4. The van der Waals surface area contributed by atoms with E-state index in [9.17, 15) is 4.79 Å². The lowest BCUT2D eigenvalue weighted by Crippen LogP contribution is -2.45. The van der Waals surface area contributed by atoms with E-state index in [-0.39, 0.29) is 30.3 Å². The summed E-state index contributed by atoms with van der Waals surface area (Å²) in [4.78, 5) is 18.4. The average molecular weight is 378 g/mol. The number of aromatic nitrogens is 1. The van der Waals surface area contributed by atoms with Crippen LogP contribution in [0.1, 0.15) is 29.8 Å². The molecule has 4 atom stereocenters. The van der Waals surface area contributed by atoms with Crippen LogP contribution in [0, 0.1) is 24.7 Å². The summed E-state index contributed by atoms with van der Waals surface area (Å²) in [6.07, 6.45) is 3.50. The second-order valence-electron chi connectivity index (χ2n) is 7.05. The largest absolute Gasteiger partial charge is 0.351 e. The second-order valence-corrected chi connectivity index (χ2v) is 8.13. The van der Waals surface area contributed by atoms with Crippen molar-refractivity contribution in [3.05, 3.63) is 40.9 Å². The monoisotopic (exact) mass is 377 g/mol. The number of nitrogens with two attached hydrogens (primary N) is 1.